The second-order valence-electron chi connectivity index (χ2n) is 15.2. The van der Waals surface area contributed by atoms with Crippen molar-refractivity contribution < 1.29 is 13.9 Å². The number of hydrogen-bond acceptors (Lipinski definition) is 2. The minimum absolute atomic E-state index is 0.115. The van der Waals surface area contributed by atoms with E-state index in [1.807, 2.05) is 0 Å². The average molecular weight is 624 g/mol. The maximum Gasteiger partial charge on any atom is 0.228 e. The third kappa shape index (κ3) is 4.61. The van der Waals surface area contributed by atoms with Crippen molar-refractivity contribution in [3.8, 4) is 22.8 Å². The lowest BCUT2D eigenvalue weighted by atomic mass is 9.75. The summed E-state index contributed by atoms with van der Waals surface area (Å²) in [4.78, 5) is 2.71. The minimum Gasteiger partial charge on any atom is -0.456 e. The lowest BCUT2D eigenvalue weighted by Crippen LogP contribution is -2.53. The maximum atomic E-state index is 6.91. The van der Waals surface area contributed by atoms with Crippen LogP contribution in [0.25, 0.3) is 32.8 Å². The molecule has 2 fully saturated rings. The van der Waals surface area contributed by atoms with Crippen LogP contribution in [0.2, 0.25) is 0 Å². The SMILES string of the molecule is C=C1C2C(CC/[N+](C3CCCCC3)=C(C)\C=C(\C)N1C1CCCCC1)c1c3c(cc4ccccc14)Oc1cc(C)cc4cc[n+]2c-3c14. The van der Waals surface area contributed by atoms with Gasteiger partial charge in [-0.1, -0.05) is 62.6 Å². The van der Waals surface area contributed by atoms with Crippen LogP contribution in [0.15, 0.2) is 78.8 Å². The van der Waals surface area contributed by atoms with Gasteiger partial charge in [-0.05, 0) is 78.9 Å². The number of allylic oxidation sites excluding steroid dienone is 3. The lowest BCUT2D eigenvalue weighted by Gasteiger charge is -2.43. The number of fused-ring (bicyclic) bond motifs is 5. The van der Waals surface area contributed by atoms with E-state index in [4.69, 9.17) is 11.3 Å². The van der Waals surface area contributed by atoms with Crippen molar-refractivity contribution >= 4 is 27.3 Å². The highest BCUT2D eigenvalue weighted by molar-refractivity contribution is 6.06. The fourth-order valence-corrected chi connectivity index (χ4v) is 10.3. The van der Waals surface area contributed by atoms with Gasteiger partial charge in [0.05, 0.1) is 22.6 Å². The summed E-state index contributed by atoms with van der Waals surface area (Å²) in [5.41, 5.74) is 9.37. The molecule has 4 heterocycles. The van der Waals surface area contributed by atoms with Gasteiger partial charge in [0, 0.05) is 50.1 Å². The van der Waals surface area contributed by atoms with Crippen LogP contribution >= 0.6 is 0 Å². The van der Waals surface area contributed by atoms with Crippen molar-refractivity contribution in [3.05, 3.63) is 89.9 Å². The van der Waals surface area contributed by atoms with Crippen molar-refractivity contribution in [1.82, 2.24) is 4.90 Å². The van der Waals surface area contributed by atoms with E-state index < -0.39 is 0 Å². The van der Waals surface area contributed by atoms with E-state index in [2.05, 4.69) is 95.6 Å². The van der Waals surface area contributed by atoms with Gasteiger partial charge in [-0.25, -0.2) is 4.58 Å². The van der Waals surface area contributed by atoms with Gasteiger partial charge in [-0.3, -0.25) is 0 Å². The number of pyridine rings is 1. The smallest absolute Gasteiger partial charge is 0.228 e. The van der Waals surface area contributed by atoms with Crippen molar-refractivity contribution in [2.45, 2.75) is 115 Å². The summed E-state index contributed by atoms with van der Waals surface area (Å²) in [5.74, 6) is 2.26. The molecular weight excluding hydrogens is 574 g/mol. The third-order valence-corrected chi connectivity index (χ3v) is 12.3. The molecule has 4 heteroatoms. The van der Waals surface area contributed by atoms with Crippen LogP contribution in [-0.2, 0) is 0 Å². The number of rotatable bonds is 2. The van der Waals surface area contributed by atoms with Crippen LogP contribution < -0.4 is 9.30 Å². The summed E-state index contributed by atoms with van der Waals surface area (Å²) in [7, 11) is 0. The molecular formula is C43H49N3O+2. The van der Waals surface area contributed by atoms with E-state index in [9.17, 15) is 0 Å². The van der Waals surface area contributed by atoms with E-state index >= 15 is 0 Å². The Balaban J connectivity index is 1.33. The zero-order valence-corrected chi connectivity index (χ0v) is 28.5. The fraction of sp³-hybridized carbons (Fsp3) is 0.442. The Bertz CT molecular complexity index is 2010. The van der Waals surface area contributed by atoms with Gasteiger partial charge in [0.15, 0.2) is 18.0 Å². The molecule has 1 aromatic heterocycles. The van der Waals surface area contributed by atoms with E-state index in [1.54, 1.807) is 0 Å². The van der Waals surface area contributed by atoms with Crippen LogP contribution in [0.5, 0.6) is 11.5 Å². The molecule has 0 saturated heterocycles. The molecule has 3 aromatic carbocycles. The monoisotopic (exact) mass is 623 g/mol. The van der Waals surface area contributed by atoms with Gasteiger partial charge < -0.3 is 9.64 Å². The molecule has 0 spiro atoms. The molecule has 3 aliphatic heterocycles. The Hall–Kier alpha value is -3.92. The summed E-state index contributed by atoms with van der Waals surface area (Å²) in [6, 6.07) is 19.5. The first-order chi connectivity index (χ1) is 23.0. The number of nitrogens with zero attached hydrogens (tertiary/aromatic N) is 3. The van der Waals surface area contributed by atoms with Crippen LogP contribution in [0.3, 0.4) is 0 Å². The predicted octanol–water partition coefficient (Wildman–Crippen LogP) is 10.3. The molecule has 240 valence electrons. The van der Waals surface area contributed by atoms with Crippen LogP contribution in [0.1, 0.15) is 108 Å². The quantitative estimate of drug-likeness (QED) is 0.182. The van der Waals surface area contributed by atoms with E-state index in [1.165, 1.54) is 125 Å². The number of ether oxygens (including phenoxy) is 1. The minimum atomic E-state index is 0.115. The van der Waals surface area contributed by atoms with Gasteiger partial charge >= 0.3 is 0 Å². The van der Waals surface area contributed by atoms with Crippen molar-refractivity contribution in [3.63, 3.8) is 0 Å². The predicted molar refractivity (Wildman–Crippen MR) is 193 cm³/mol. The first-order valence-electron chi connectivity index (χ1n) is 18.5. The van der Waals surface area contributed by atoms with Crippen molar-refractivity contribution in [1.29, 1.82) is 0 Å². The normalized spacial score (nSPS) is 26.1. The first kappa shape index (κ1) is 29.2. The zero-order valence-electron chi connectivity index (χ0n) is 28.5. The van der Waals surface area contributed by atoms with Crippen LogP contribution in [0.4, 0.5) is 0 Å². The topological polar surface area (TPSA) is 19.4 Å². The molecule has 2 atom stereocenters. The Labute approximate surface area is 280 Å². The van der Waals surface area contributed by atoms with E-state index in [-0.39, 0.29) is 12.0 Å². The average Bonchev–Trinajstić information content (AvgIpc) is 3.08. The molecule has 0 N–H and O–H groups in total. The van der Waals surface area contributed by atoms with Gasteiger partial charge in [-0.2, -0.15) is 4.57 Å². The first-order valence-corrected chi connectivity index (χ1v) is 18.5. The van der Waals surface area contributed by atoms with Gasteiger partial charge in [0.2, 0.25) is 11.7 Å². The molecule has 2 aliphatic carbocycles. The standard InChI is InChI=1S/C43H49N3O/c1-27-23-32-19-21-45-42-30(4)46(34-16-9-6-10-17-34)29(3)25-28(2)44(33-14-7-5-8-15-33)22-20-36(42)40-35-18-12-11-13-31(35)26-38-41(40)43(45)39(32)37(24-27)47-38/h11-13,18-19,21,23-26,33-34,36,42H,4-10,14-17,20,22H2,1-3H3/q+2. The molecule has 2 saturated carbocycles. The Morgan fingerprint density at radius 2 is 1.57 bits per heavy atom. The largest absolute Gasteiger partial charge is 0.456 e. The molecule has 0 bridgehead atoms. The Morgan fingerprint density at radius 1 is 0.809 bits per heavy atom. The molecule has 2 unspecified atom stereocenters. The number of aromatic nitrogens is 1. The van der Waals surface area contributed by atoms with E-state index in [0.717, 1.165) is 24.5 Å². The Kier molecular flexibility index (Phi) is 7.06. The lowest BCUT2D eigenvalue weighted by molar-refractivity contribution is -0.710. The van der Waals surface area contributed by atoms with E-state index in [0.29, 0.717) is 12.1 Å². The number of benzene rings is 3. The highest BCUT2D eigenvalue weighted by Crippen LogP contribution is 2.56. The molecule has 0 amide bonds. The molecule has 47 heavy (non-hydrogen) atoms. The molecule has 0 radical (unpaired) electrons. The summed E-state index contributed by atoms with van der Waals surface area (Å²) in [5, 5.41) is 5.14. The molecule has 5 aliphatic rings. The number of aryl methyl sites for hydroxylation is 1. The van der Waals surface area contributed by atoms with Crippen LogP contribution in [0, 0.1) is 6.92 Å². The summed E-state index contributed by atoms with van der Waals surface area (Å²) < 4.78 is 12.3. The van der Waals surface area contributed by atoms with Gasteiger partial charge in [0.25, 0.3) is 0 Å². The van der Waals surface area contributed by atoms with Crippen molar-refractivity contribution in [2.24, 2.45) is 0 Å². The second-order valence-corrected chi connectivity index (χ2v) is 15.2. The second kappa shape index (κ2) is 11.4. The van der Waals surface area contributed by atoms with Gasteiger partial charge in [0.1, 0.15) is 18.0 Å². The van der Waals surface area contributed by atoms with Gasteiger partial charge in [-0.15, -0.1) is 0 Å². The summed E-state index contributed by atoms with van der Waals surface area (Å²) in [6.45, 7) is 13.1. The molecule has 9 rings (SSSR count). The highest BCUT2D eigenvalue weighted by atomic mass is 16.5. The summed E-state index contributed by atoms with van der Waals surface area (Å²) in [6.07, 6.45) is 19.1. The fourth-order valence-electron chi connectivity index (χ4n) is 10.3. The van der Waals surface area contributed by atoms with Crippen LogP contribution in [-0.4, -0.2) is 33.8 Å². The highest BCUT2D eigenvalue weighted by Gasteiger charge is 2.49. The molecule has 4 aromatic rings. The Morgan fingerprint density at radius 3 is 2.38 bits per heavy atom. The zero-order chi connectivity index (χ0) is 31.8. The summed E-state index contributed by atoms with van der Waals surface area (Å²) >= 11 is 0. The number of hydrogen-bond donors (Lipinski definition) is 0. The van der Waals surface area contributed by atoms with Crippen molar-refractivity contribution in [2.75, 3.05) is 6.54 Å². The third-order valence-electron chi connectivity index (χ3n) is 12.3. The maximum absolute atomic E-state index is 6.91. The molecule has 4 nitrogen and oxygen atoms in total.